The molecule has 8 heteroatoms. The van der Waals surface area contributed by atoms with E-state index in [2.05, 4.69) is 12.1 Å². The number of carbonyl (C=O) groups excluding carboxylic acids is 1. The zero-order valence-corrected chi connectivity index (χ0v) is 16.8. The maximum atomic E-state index is 12.0. The van der Waals surface area contributed by atoms with Gasteiger partial charge in [0.15, 0.2) is 0 Å². The van der Waals surface area contributed by atoms with Crippen molar-refractivity contribution >= 4 is 27.3 Å². The molecule has 1 aromatic heterocycles. The molecule has 0 aliphatic carbocycles. The smallest absolute Gasteiger partial charge is 0.249 e. The lowest BCUT2D eigenvalue weighted by molar-refractivity contribution is -0.231. The second kappa shape index (κ2) is 8.43. The maximum absolute atomic E-state index is 12.0. The number of primary amides is 1. The lowest BCUT2D eigenvalue weighted by Crippen LogP contribution is -2.55. The van der Waals surface area contributed by atoms with Crippen molar-refractivity contribution in [1.82, 2.24) is 0 Å². The van der Waals surface area contributed by atoms with Crippen molar-refractivity contribution in [3.05, 3.63) is 70.1 Å². The van der Waals surface area contributed by atoms with Crippen LogP contribution in [0.4, 0.5) is 0 Å². The van der Waals surface area contributed by atoms with Crippen LogP contribution in [-0.4, -0.2) is 57.4 Å². The summed E-state index contributed by atoms with van der Waals surface area (Å²) >= 11 is 1.67. The zero-order valence-electron chi connectivity index (χ0n) is 16.0. The Kier molecular flexibility index (Phi) is 5.88. The van der Waals surface area contributed by atoms with Gasteiger partial charge in [-0.25, -0.2) is 0 Å². The first-order valence-electron chi connectivity index (χ1n) is 9.59. The number of thiophene rings is 1. The number of aliphatic hydroxyl groups excluding tert-OH is 4. The van der Waals surface area contributed by atoms with E-state index in [1.807, 2.05) is 18.2 Å². The van der Waals surface area contributed by atoms with E-state index in [1.54, 1.807) is 29.5 Å². The molecule has 2 heterocycles. The molecule has 6 N–H and O–H groups in total. The summed E-state index contributed by atoms with van der Waals surface area (Å²) in [6.45, 7) is -0.547. The van der Waals surface area contributed by atoms with Crippen LogP contribution < -0.4 is 5.73 Å². The van der Waals surface area contributed by atoms with Crippen LogP contribution in [0.25, 0.3) is 10.1 Å². The highest BCUT2D eigenvalue weighted by atomic mass is 32.1. The molecule has 3 unspecified atom stereocenters. The molecular weight excluding hydrogens is 406 g/mol. The Morgan fingerprint density at radius 1 is 1.03 bits per heavy atom. The summed E-state index contributed by atoms with van der Waals surface area (Å²) in [7, 11) is 0. The SMILES string of the molecule is NC(=O)c1ccc(Cc2cc3ccccc3s2)cc1C1OC(CO)[C@@H](O)C(O)[C@H]1O. The molecule has 3 aromatic rings. The lowest BCUT2D eigenvalue weighted by atomic mass is 9.88. The normalized spacial score (nSPS) is 26.7. The van der Waals surface area contributed by atoms with Crippen molar-refractivity contribution < 1.29 is 30.0 Å². The van der Waals surface area contributed by atoms with E-state index in [1.165, 1.54) is 4.70 Å². The zero-order chi connectivity index (χ0) is 21.4. The van der Waals surface area contributed by atoms with Crippen molar-refractivity contribution in [2.75, 3.05) is 6.61 Å². The summed E-state index contributed by atoms with van der Waals surface area (Å²) in [5.74, 6) is -0.699. The number of amides is 1. The minimum atomic E-state index is -1.53. The Morgan fingerprint density at radius 3 is 2.50 bits per heavy atom. The van der Waals surface area contributed by atoms with Gasteiger partial charge in [0, 0.05) is 21.6 Å². The highest BCUT2D eigenvalue weighted by molar-refractivity contribution is 7.19. The van der Waals surface area contributed by atoms with Crippen LogP contribution >= 0.6 is 11.3 Å². The van der Waals surface area contributed by atoms with Crippen LogP contribution in [0.15, 0.2) is 48.5 Å². The highest BCUT2D eigenvalue weighted by Crippen LogP contribution is 2.35. The summed E-state index contributed by atoms with van der Waals surface area (Å²) in [4.78, 5) is 13.1. The molecule has 158 valence electrons. The first-order valence-corrected chi connectivity index (χ1v) is 10.4. The summed E-state index contributed by atoms with van der Waals surface area (Å²) in [5, 5.41) is 41.3. The molecule has 0 spiro atoms. The van der Waals surface area contributed by atoms with Crippen LogP contribution in [-0.2, 0) is 11.2 Å². The topological polar surface area (TPSA) is 133 Å². The second-order valence-corrected chi connectivity index (χ2v) is 8.63. The molecule has 0 radical (unpaired) electrons. The Balaban J connectivity index is 1.70. The van der Waals surface area contributed by atoms with E-state index in [-0.39, 0.29) is 5.56 Å². The first kappa shape index (κ1) is 20.9. The van der Waals surface area contributed by atoms with Crippen molar-refractivity contribution in [1.29, 1.82) is 0 Å². The predicted octanol–water partition coefficient (Wildman–Crippen LogP) is 1.11. The molecule has 0 bridgehead atoms. The minimum Gasteiger partial charge on any atom is -0.394 e. The van der Waals surface area contributed by atoms with Gasteiger partial charge in [-0.3, -0.25) is 4.79 Å². The fourth-order valence-corrected chi connectivity index (χ4v) is 4.96. The first-order chi connectivity index (χ1) is 14.4. The Labute approximate surface area is 177 Å². The third kappa shape index (κ3) is 3.85. The van der Waals surface area contributed by atoms with Crippen LogP contribution in [0.3, 0.4) is 0 Å². The fraction of sp³-hybridized carbons (Fsp3) is 0.318. The van der Waals surface area contributed by atoms with Gasteiger partial charge in [-0.05, 0) is 34.7 Å². The molecular formula is C22H23NO6S. The van der Waals surface area contributed by atoms with Gasteiger partial charge >= 0.3 is 0 Å². The number of benzene rings is 2. The largest absolute Gasteiger partial charge is 0.394 e. The fourth-order valence-electron chi connectivity index (χ4n) is 3.87. The average Bonchev–Trinajstić information content (AvgIpc) is 3.14. The summed E-state index contributed by atoms with van der Waals surface area (Å²) in [6, 6.07) is 15.3. The predicted molar refractivity (Wildman–Crippen MR) is 112 cm³/mol. The van der Waals surface area contributed by atoms with Crippen molar-refractivity contribution in [3.8, 4) is 0 Å². The Hall–Kier alpha value is -2.33. The molecule has 1 amide bonds. The van der Waals surface area contributed by atoms with Gasteiger partial charge in [-0.2, -0.15) is 0 Å². The standard InChI is InChI=1S/C22H23NO6S/c23-22(28)14-6-5-11(7-13-9-12-3-1-2-4-17(12)30-13)8-15(14)21-20(27)19(26)18(25)16(10-24)29-21/h1-6,8-9,16,18-21,24-27H,7,10H2,(H2,23,28)/t16?,18-,19?,20-,21?/m1/s1. The van der Waals surface area contributed by atoms with E-state index in [0.717, 1.165) is 15.8 Å². The maximum Gasteiger partial charge on any atom is 0.249 e. The number of hydrogen-bond acceptors (Lipinski definition) is 7. The number of carbonyl (C=O) groups is 1. The average molecular weight is 429 g/mol. The minimum absolute atomic E-state index is 0.152. The van der Waals surface area contributed by atoms with E-state index in [4.69, 9.17) is 10.5 Å². The summed E-state index contributed by atoms with van der Waals surface area (Å²) < 4.78 is 6.82. The third-order valence-corrected chi connectivity index (χ3v) is 6.55. The van der Waals surface area contributed by atoms with E-state index in [0.29, 0.717) is 12.0 Å². The number of nitrogens with two attached hydrogens (primary N) is 1. The molecule has 7 nitrogen and oxygen atoms in total. The van der Waals surface area contributed by atoms with Gasteiger partial charge in [-0.1, -0.05) is 30.3 Å². The lowest BCUT2D eigenvalue weighted by Gasteiger charge is -2.40. The molecule has 1 fully saturated rings. The summed E-state index contributed by atoms with van der Waals surface area (Å²) in [6.07, 6.45) is -6.08. The van der Waals surface area contributed by atoms with Crippen LogP contribution in [0, 0.1) is 0 Å². The van der Waals surface area contributed by atoms with Gasteiger partial charge in [0.1, 0.15) is 30.5 Å². The molecule has 5 atom stereocenters. The van der Waals surface area contributed by atoms with Gasteiger partial charge in [-0.15, -0.1) is 11.3 Å². The number of hydrogen-bond donors (Lipinski definition) is 5. The number of ether oxygens (including phenoxy) is 1. The Morgan fingerprint density at radius 2 is 1.80 bits per heavy atom. The van der Waals surface area contributed by atoms with Gasteiger partial charge in [0.05, 0.1) is 6.61 Å². The third-order valence-electron chi connectivity index (χ3n) is 5.44. The summed E-state index contributed by atoms with van der Waals surface area (Å²) in [5.41, 5.74) is 6.86. The van der Waals surface area contributed by atoms with Crippen molar-refractivity contribution in [2.24, 2.45) is 5.73 Å². The number of fused-ring (bicyclic) bond motifs is 1. The quantitative estimate of drug-likeness (QED) is 0.413. The molecule has 2 aromatic carbocycles. The molecule has 1 aliphatic heterocycles. The van der Waals surface area contributed by atoms with Gasteiger partial charge < -0.3 is 30.9 Å². The van der Waals surface area contributed by atoms with Crippen molar-refractivity contribution in [3.63, 3.8) is 0 Å². The second-order valence-electron chi connectivity index (χ2n) is 7.46. The molecule has 0 saturated carbocycles. The van der Waals surface area contributed by atoms with Gasteiger partial charge in [0.25, 0.3) is 0 Å². The monoisotopic (exact) mass is 429 g/mol. The van der Waals surface area contributed by atoms with E-state index in [9.17, 15) is 25.2 Å². The molecule has 1 aliphatic rings. The highest BCUT2D eigenvalue weighted by Gasteiger charge is 2.44. The van der Waals surface area contributed by atoms with Crippen LogP contribution in [0.2, 0.25) is 0 Å². The Bertz CT molecular complexity index is 1030. The molecule has 4 rings (SSSR count). The van der Waals surface area contributed by atoms with Crippen molar-refractivity contribution in [2.45, 2.75) is 36.9 Å². The number of aliphatic hydroxyl groups is 4. The van der Waals surface area contributed by atoms with Crippen LogP contribution in [0.5, 0.6) is 0 Å². The molecule has 1 saturated heterocycles. The van der Waals surface area contributed by atoms with E-state index < -0.39 is 43.0 Å². The number of rotatable bonds is 5. The van der Waals surface area contributed by atoms with Gasteiger partial charge in [0.2, 0.25) is 5.91 Å². The molecule has 30 heavy (non-hydrogen) atoms. The van der Waals surface area contributed by atoms with Crippen LogP contribution in [0.1, 0.15) is 32.5 Å². The van der Waals surface area contributed by atoms with E-state index >= 15 is 0 Å².